The summed E-state index contributed by atoms with van der Waals surface area (Å²) in [6, 6.07) is 11.7. The fourth-order valence-electron chi connectivity index (χ4n) is 4.31. The minimum atomic E-state index is -0.526. The molecule has 4 aromatic rings. The van der Waals surface area contributed by atoms with Crippen molar-refractivity contribution in [2.75, 3.05) is 0 Å². The minimum Gasteiger partial charge on any atom is -0.350 e. The number of non-ortho nitro benzene ring substituents is 1. The van der Waals surface area contributed by atoms with Crippen LogP contribution in [0, 0.1) is 21.4 Å². The lowest BCUT2D eigenvalue weighted by atomic mass is 9.95. The van der Waals surface area contributed by atoms with Crippen LogP contribution in [0.15, 0.2) is 48.8 Å². The molecule has 0 saturated heterocycles. The Labute approximate surface area is 180 Å². The van der Waals surface area contributed by atoms with Gasteiger partial charge in [-0.25, -0.2) is 0 Å². The molecule has 0 saturated carbocycles. The molecule has 32 heavy (non-hydrogen) atoms. The molecule has 0 radical (unpaired) electrons. The Hall–Kier alpha value is -4.71. The van der Waals surface area contributed by atoms with Crippen LogP contribution in [0.3, 0.4) is 0 Å². The molecule has 9 heteroatoms. The van der Waals surface area contributed by atoms with E-state index in [0.717, 1.165) is 10.9 Å². The number of nitrogens with one attached hydrogen (secondary N) is 1. The second-order valence-corrected chi connectivity index (χ2v) is 7.64. The summed E-state index contributed by atoms with van der Waals surface area (Å²) in [6.07, 6.45) is 3.45. The third-order valence-corrected chi connectivity index (χ3v) is 5.77. The van der Waals surface area contributed by atoms with Gasteiger partial charge >= 0.3 is 0 Å². The van der Waals surface area contributed by atoms with Crippen LogP contribution in [0.25, 0.3) is 33.0 Å². The second kappa shape index (κ2) is 6.65. The molecule has 1 N–H and O–H groups in total. The van der Waals surface area contributed by atoms with Crippen molar-refractivity contribution in [3.8, 4) is 6.07 Å². The van der Waals surface area contributed by atoms with E-state index in [1.54, 1.807) is 59.9 Å². The van der Waals surface area contributed by atoms with Crippen molar-refractivity contribution in [2.24, 2.45) is 14.1 Å². The number of amides is 2. The highest BCUT2D eigenvalue weighted by Gasteiger charge is 2.35. The minimum absolute atomic E-state index is 0.0613. The summed E-state index contributed by atoms with van der Waals surface area (Å²) in [5, 5.41) is 24.1. The number of aromatic nitrogens is 2. The molecular formula is C23H15N5O4. The Bertz CT molecular complexity index is 1600. The van der Waals surface area contributed by atoms with Crippen molar-refractivity contribution in [1.82, 2.24) is 14.5 Å². The van der Waals surface area contributed by atoms with Crippen LogP contribution in [0.5, 0.6) is 0 Å². The van der Waals surface area contributed by atoms with Crippen LogP contribution < -0.4 is 5.32 Å². The number of imide groups is 1. The van der Waals surface area contributed by atoms with E-state index >= 15 is 0 Å². The molecule has 2 aromatic carbocycles. The monoisotopic (exact) mass is 425 g/mol. The average molecular weight is 425 g/mol. The number of nitriles is 1. The number of rotatable bonds is 3. The number of hydrogen-bond donors (Lipinski definition) is 1. The summed E-state index contributed by atoms with van der Waals surface area (Å²) in [7, 11) is 3.53. The number of aryl methyl sites for hydroxylation is 2. The van der Waals surface area contributed by atoms with Crippen molar-refractivity contribution in [3.63, 3.8) is 0 Å². The van der Waals surface area contributed by atoms with E-state index in [0.29, 0.717) is 27.6 Å². The third kappa shape index (κ3) is 2.63. The molecule has 156 valence electrons. The molecular weight excluding hydrogens is 410 g/mol. The van der Waals surface area contributed by atoms with Gasteiger partial charge in [0, 0.05) is 66.0 Å². The van der Waals surface area contributed by atoms with Gasteiger partial charge in [-0.15, -0.1) is 0 Å². The first-order chi connectivity index (χ1) is 15.3. The predicted octanol–water partition coefficient (Wildman–Crippen LogP) is 3.02. The lowest BCUT2D eigenvalue weighted by Gasteiger charge is -2.03. The molecule has 5 rings (SSSR count). The average Bonchev–Trinajstić information content (AvgIpc) is 3.37. The van der Waals surface area contributed by atoms with Crippen LogP contribution >= 0.6 is 0 Å². The SMILES string of the molecule is Cn1cc(C2=C(c3cn(C)c4cc([N+](=O)[O-])ccc34)C(=O)NC2=O)c2ccc(C#N)cc21. The first kappa shape index (κ1) is 19.3. The lowest BCUT2D eigenvalue weighted by molar-refractivity contribution is -0.384. The summed E-state index contributed by atoms with van der Waals surface area (Å²) >= 11 is 0. The van der Waals surface area contributed by atoms with Gasteiger partial charge in [-0.2, -0.15) is 5.26 Å². The van der Waals surface area contributed by atoms with Gasteiger partial charge in [0.1, 0.15) is 0 Å². The van der Waals surface area contributed by atoms with Crippen molar-refractivity contribution in [2.45, 2.75) is 0 Å². The van der Waals surface area contributed by atoms with Gasteiger partial charge in [-0.3, -0.25) is 25.0 Å². The summed E-state index contributed by atoms with van der Waals surface area (Å²) in [5.41, 5.74) is 3.29. The third-order valence-electron chi connectivity index (χ3n) is 5.77. The Morgan fingerprint density at radius 2 is 1.44 bits per heavy atom. The normalized spacial score (nSPS) is 13.8. The van der Waals surface area contributed by atoms with E-state index in [1.807, 2.05) is 0 Å². The fourth-order valence-corrected chi connectivity index (χ4v) is 4.31. The molecule has 0 atom stereocenters. The summed E-state index contributed by atoms with van der Waals surface area (Å²) in [6.45, 7) is 0. The van der Waals surface area contributed by atoms with Crippen molar-refractivity contribution in [3.05, 3.63) is 75.6 Å². The van der Waals surface area contributed by atoms with Crippen LogP contribution in [0.1, 0.15) is 16.7 Å². The summed E-state index contributed by atoms with van der Waals surface area (Å²) in [5.74, 6) is -1.04. The number of benzene rings is 2. The van der Waals surface area contributed by atoms with Gasteiger partial charge < -0.3 is 9.13 Å². The van der Waals surface area contributed by atoms with E-state index in [-0.39, 0.29) is 16.8 Å². The Morgan fingerprint density at radius 3 is 1.97 bits per heavy atom. The highest BCUT2D eigenvalue weighted by molar-refractivity contribution is 6.50. The molecule has 0 bridgehead atoms. The number of nitro groups is 1. The molecule has 2 amide bonds. The molecule has 0 fully saturated rings. The molecule has 1 aliphatic heterocycles. The van der Waals surface area contributed by atoms with E-state index in [9.17, 15) is 25.0 Å². The van der Waals surface area contributed by atoms with Crippen LogP contribution in [0.4, 0.5) is 5.69 Å². The maximum Gasteiger partial charge on any atom is 0.271 e. The van der Waals surface area contributed by atoms with Gasteiger partial charge in [-0.1, -0.05) is 6.07 Å². The molecule has 9 nitrogen and oxygen atoms in total. The van der Waals surface area contributed by atoms with E-state index < -0.39 is 16.7 Å². The van der Waals surface area contributed by atoms with Gasteiger partial charge in [0.2, 0.25) is 0 Å². The maximum atomic E-state index is 12.9. The second-order valence-electron chi connectivity index (χ2n) is 7.64. The number of fused-ring (bicyclic) bond motifs is 2. The molecule has 3 heterocycles. The van der Waals surface area contributed by atoms with Crippen LogP contribution in [-0.2, 0) is 23.7 Å². The highest BCUT2D eigenvalue weighted by Crippen LogP contribution is 2.39. The Morgan fingerprint density at radius 1 is 0.906 bits per heavy atom. The maximum absolute atomic E-state index is 12.9. The number of carbonyl (C=O) groups excluding carboxylic acids is 2. The van der Waals surface area contributed by atoms with E-state index in [2.05, 4.69) is 11.4 Å². The first-order valence-corrected chi connectivity index (χ1v) is 9.63. The highest BCUT2D eigenvalue weighted by atomic mass is 16.6. The van der Waals surface area contributed by atoms with Crippen molar-refractivity contribution in [1.29, 1.82) is 5.26 Å². The number of hydrogen-bond acceptors (Lipinski definition) is 5. The summed E-state index contributed by atoms with van der Waals surface area (Å²) in [4.78, 5) is 36.5. The topological polar surface area (TPSA) is 123 Å². The number of nitro benzene ring substituents is 1. The molecule has 0 aliphatic carbocycles. The molecule has 1 aliphatic rings. The predicted molar refractivity (Wildman–Crippen MR) is 117 cm³/mol. The molecule has 0 spiro atoms. The number of nitrogens with zero attached hydrogens (tertiary/aromatic N) is 4. The zero-order valence-corrected chi connectivity index (χ0v) is 17.0. The van der Waals surface area contributed by atoms with E-state index in [1.165, 1.54) is 12.1 Å². The Balaban J connectivity index is 1.82. The van der Waals surface area contributed by atoms with Crippen LogP contribution in [0.2, 0.25) is 0 Å². The fraction of sp³-hybridized carbons (Fsp3) is 0.0870. The zero-order valence-electron chi connectivity index (χ0n) is 17.0. The quantitative estimate of drug-likeness (QED) is 0.307. The first-order valence-electron chi connectivity index (χ1n) is 9.63. The van der Waals surface area contributed by atoms with Gasteiger partial charge in [0.15, 0.2) is 0 Å². The van der Waals surface area contributed by atoms with Gasteiger partial charge in [0.05, 0.1) is 33.2 Å². The van der Waals surface area contributed by atoms with E-state index in [4.69, 9.17) is 0 Å². The molecule has 2 aromatic heterocycles. The lowest BCUT2D eigenvalue weighted by Crippen LogP contribution is -2.22. The van der Waals surface area contributed by atoms with Gasteiger partial charge in [-0.05, 0) is 18.2 Å². The number of carbonyl (C=O) groups is 2. The summed E-state index contributed by atoms with van der Waals surface area (Å²) < 4.78 is 3.50. The van der Waals surface area contributed by atoms with Crippen LogP contribution in [-0.4, -0.2) is 25.9 Å². The largest absolute Gasteiger partial charge is 0.350 e. The zero-order chi connectivity index (χ0) is 22.7. The Kier molecular flexibility index (Phi) is 4.00. The standard InChI is InChI=1S/C23H15N5O4/c1-26-10-16(14-5-3-12(9-24)7-18(14)26)20-21(23(30)25-22(20)29)17-11-27(2)19-8-13(28(31)32)4-6-15(17)19/h3-8,10-11H,1-2H3,(H,25,29,30). The van der Waals surface area contributed by atoms with Crippen molar-refractivity contribution < 1.29 is 14.5 Å². The van der Waals surface area contributed by atoms with Gasteiger partial charge in [0.25, 0.3) is 17.5 Å². The smallest absolute Gasteiger partial charge is 0.271 e. The molecule has 0 unspecified atom stereocenters. The van der Waals surface area contributed by atoms with Crippen molar-refractivity contribution >= 4 is 50.5 Å².